The maximum Gasteiger partial charge on any atom is 0.355 e. The van der Waals surface area contributed by atoms with Crippen LogP contribution < -0.4 is 0 Å². The number of rotatable bonds is 4. The summed E-state index contributed by atoms with van der Waals surface area (Å²) in [7, 11) is 0. The summed E-state index contributed by atoms with van der Waals surface area (Å²) in [6, 6.07) is 13.6. The lowest BCUT2D eigenvalue weighted by Gasteiger charge is -2.05. The van der Waals surface area contributed by atoms with Gasteiger partial charge in [0.05, 0.1) is 6.61 Å². The highest BCUT2D eigenvalue weighted by molar-refractivity contribution is 9.10. The van der Waals surface area contributed by atoms with Gasteiger partial charge < -0.3 is 9.72 Å². The van der Waals surface area contributed by atoms with Crippen LogP contribution >= 0.6 is 27.5 Å². The molecule has 3 nitrogen and oxygen atoms in total. The molecule has 1 N–H and O–H groups in total. The molecule has 0 radical (unpaired) electrons. The molecule has 0 bridgehead atoms. The van der Waals surface area contributed by atoms with Crippen LogP contribution in [0.15, 0.2) is 46.9 Å². The van der Waals surface area contributed by atoms with E-state index in [0.29, 0.717) is 23.7 Å². The third kappa shape index (κ3) is 3.43. The molecular weight excluding hydrogens is 378 g/mol. The van der Waals surface area contributed by atoms with Crippen LogP contribution in [0.2, 0.25) is 5.02 Å². The quantitative estimate of drug-likeness (QED) is 0.608. The van der Waals surface area contributed by atoms with E-state index in [4.69, 9.17) is 16.3 Å². The number of fused-ring (bicyclic) bond motifs is 1. The molecule has 1 heterocycles. The third-order valence-electron chi connectivity index (χ3n) is 3.62. The van der Waals surface area contributed by atoms with Crippen molar-refractivity contribution in [2.75, 3.05) is 6.61 Å². The van der Waals surface area contributed by atoms with E-state index in [1.807, 2.05) is 42.5 Å². The Balaban J connectivity index is 2.11. The molecular formula is C18H15BrClNO2. The van der Waals surface area contributed by atoms with Gasteiger partial charge in [0.15, 0.2) is 0 Å². The van der Waals surface area contributed by atoms with Gasteiger partial charge in [0.25, 0.3) is 0 Å². The Bertz CT molecular complexity index is 873. The highest BCUT2D eigenvalue weighted by Crippen LogP contribution is 2.28. The number of esters is 1. The van der Waals surface area contributed by atoms with Crippen molar-refractivity contribution in [3.05, 3.63) is 68.8 Å². The van der Waals surface area contributed by atoms with Crippen molar-refractivity contribution in [2.45, 2.75) is 13.3 Å². The second kappa shape index (κ2) is 6.77. The highest BCUT2D eigenvalue weighted by Gasteiger charge is 2.19. The first-order chi connectivity index (χ1) is 11.1. The summed E-state index contributed by atoms with van der Waals surface area (Å²) < 4.78 is 6.14. The molecule has 2 aromatic carbocycles. The van der Waals surface area contributed by atoms with Gasteiger partial charge in [0.2, 0.25) is 0 Å². The number of halogens is 2. The number of carbonyl (C=O) groups excluding carboxylic acids is 1. The second-order valence-corrected chi connectivity index (χ2v) is 6.55. The van der Waals surface area contributed by atoms with Gasteiger partial charge in [-0.3, -0.25) is 0 Å². The molecule has 0 fully saturated rings. The number of aromatic nitrogens is 1. The fourth-order valence-electron chi connectivity index (χ4n) is 2.64. The molecule has 0 saturated carbocycles. The Kier molecular flexibility index (Phi) is 4.74. The van der Waals surface area contributed by atoms with Crippen molar-refractivity contribution >= 4 is 44.4 Å². The average molecular weight is 393 g/mol. The number of aromatic amines is 1. The molecule has 0 aliphatic carbocycles. The molecule has 0 aliphatic heterocycles. The summed E-state index contributed by atoms with van der Waals surface area (Å²) in [5.41, 5.74) is 3.37. The number of hydrogen-bond donors (Lipinski definition) is 1. The van der Waals surface area contributed by atoms with Gasteiger partial charge in [-0.25, -0.2) is 4.79 Å². The largest absolute Gasteiger partial charge is 0.461 e. The fourth-order valence-corrected chi connectivity index (χ4v) is 3.21. The van der Waals surface area contributed by atoms with Crippen molar-refractivity contribution < 1.29 is 9.53 Å². The SMILES string of the molecule is CCOC(=O)c1[nH]c2cc(Br)ccc2c1Cc1cccc(Cl)c1. The third-order valence-corrected chi connectivity index (χ3v) is 4.35. The van der Waals surface area contributed by atoms with Crippen LogP contribution in [0.5, 0.6) is 0 Å². The molecule has 3 aromatic rings. The summed E-state index contributed by atoms with van der Waals surface area (Å²) in [4.78, 5) is 15.5. The van der Waals surface area contributed by atoms with Crippen LogP contribution in [0.4, 0.5) is 0 Å². The fraction of sp³-hybridized carbons (Fsp3) is 0.167. The molecule has 1 aromatic heterocycles. The zero-order valence-electron chi connectivity index (χ0n) is 12.5. The Hall–Kier alpha value is -1.78. The lowest BCUT2D eigenvalue weighted by Crippen LogP contribution is -2.08. The monoisotopic (exact) mass is 391 g/mol. The Labute approximate surface area is 147 Å². The van der Waals surface area contributed by atoms with E-state index in [9.17, 15) is 4.79 Å². The number of benzene rings is 2. The van der Waals surface area contributed by atoms with E-state index in [-0.39, 0.29) is 5.97 Å². The van der Waals surface area contributed by atoms with Gasteiger partial charge in [-0.2, -0.15) is 0 Å². The second-order valence-electron chi connectivity index (χ2n) is 5.20. The summed E-state index contributed by atoms with van der Waals surface area (Å²) in [5, 5.41) is 1.69. The Morgan fingerprint density at radius 2 is 2.09 bits per heavy atom. The Morgan fingerprint density at radius 1 is 1.26 bits per heavy atom. The minimum Gasteiger partial charge on any atom is -0.461 e. The minimum atomic E-state index is -0.336. The molecule has 3 rings (SSSR count). The van der Waals surface area contributed by atoms with Crippen molar-refractivity contribution in [1.82, 2.24) is 4.98 Å². The van der Waals surface area contributed by atoms with Gasteiger partial charge >= 0.3 is 5.97 Å². The van der Waals surface area contributed by atoms with E-state index in [2.05, 4.69) is 20.9 Å². The Morgan fingerprint density at radius 3 is 2.83 bits per heavy atom. The number of nitrogens with one attached hydrogen (secondary N) is 1. The van der Waals surface area contributed by atoms with Crippen LogP contribution in [-0.4, -0.2) is 17.6 Å². The topological polar surface area (TPSA) is 42.1 Å². The number of H-pyrrole nitrogens is 1. The molecule has 23 heavy (non-hydrogen) atoms. The summed E-state index contributed by atoms with van der Waals surface area (Å²) in [5.74, 6) is -0.336. The zero-order chi connectivity index (χ0) is 16.4. The van der Waals surface area contributed by atoms with Crippen LogP contribution in [0.25, 0.3) is 10.9 Å². The van der Waals surface area contributed by atoms with Crippen molar-refractivity contribution in [2.24, 2.45) is 0 Å². The summed E-state index contributed by atoms with van der Waals surface area (Å²) >= 11 is 9.53. The normalized spacial score (nSPS) is 10.9. The summed E-state index contributed by atoms with van der Waals surface area (Å²) in [6.45, 7) is 2.14. The maximum atomic E-state index is 12.3. The molecule has 0 unspecified atom stereocenters. The first-order valence-corrected chi connectivity index (χ1v) is 8.47. The van der Waals surface area contributed by atoms with Gasteiger partial charge in [-0.05, 0) is 42.3 Å². The first-order valence-electron chi connectivity index (χ1n) is 7.30. The zero-order valence-corrected chi connectivity index (χ0v) is 14.9. The smallest absolute Gasteiger partial charge is 0.355 e. The van der Waals surface area contributed by atoms with Gasteiger partial charge in [-0.1, -0.05) is 45.7 Å². The number of ether oxygens (including phenoxy) is 1. The first kappa shape index (κ1) is 16.1. The number of hydrogen-bond acceptors (Lipinski definition) is 2. The van der Waals surface area contributed by atoms with Gasteiger partial charge in [0, 0.05) is 26.8 Å². The number of carbonyl (C=O) groups is 1. The van der Waals surface area contributed by atoms with E-state index >= 15 is 0 Å². The highest BCUT2D eigenvalue weighted by atomic mass is 79.9. The summed E-state index contributed by atoms with van der Waals surface area (Å²) in [6.07, 6.45) is 0.607. The molecule has 0 atom stereocenters. The van der Waals surface area contributed by atoms with E-state index in [1.165, 1.54) is 0 Å². The minimum absolute atomic E-state index is 0.336. The molecule has 0 saturated heterocycles. The maximum absolute atomic E-state index is 12.3. The molecule has 0 amide bonds. The standard InChI is InChI=1S/C18H15BrClNO2/c1-2-23-18(22)17-15(9-11-4-3-5-13(20)8-11)14-7-6-12(19)10-16(14)21-17/h3-8,10,21H,2,9H2,1H3. The molecule has 118 valence electrons. The van der Waals surface area contributed by atoms with Crippen LogP contribution in [0.1, 0.15) is 28.5 Å². The van der Waals surface area contributed by atoms with Crippen LogP contribution in [0, 0.1) is 0 Å². The predicted octanol–water partition coefficient (Wildman–Crippen LogP) is 5.35. The molecule has 0 aliphatic rings. The average Bonchev–Trinajstić information content (AvgIpc) is 2.85. The van der Waals surface area contributed by atoms with Gasteiger partial charge in [-0.15, -0.1) is 0 Å². The van der Waals surface area contributed by atoms with Crippen LogP contribution in [-0.2, 0) is 11.2 Å². The van der Waals surface area contributed by atoms with Crippen LogP contribution in [0.3, 0.4) is 0 Å². The van der Waals surface area contributed by atoms with Crippen molar-refractivity contribution in [3.63, 3.8) is 0 Å². The van der Waals surface area contributed by atoms with Gasteiger partial charge in [0.1, 0.15) is 5.69 Å². The lowest BCUT2D eigenvalue weighted by atomic mass is 10.0. The molecule has 5 heteroatoms. The van der Waals surface area contributed by atoms with Crippen molar-refractivity contribution in [1.29, 1.82) is 0 Å². The van der Waals surface area contributed by atoms with E-state index < -0.39 is 0 Å². The van der Waals surface area contributed by atoms with E-state index in [0.717, 1.165) is 26.5 Å². The lowest BCUT2D eigenvalue weighted by molar-refractivity contribution is 0.0519. The van der Waals surface area contributed by atoms with E-state index in [1.54, 1.807) is 6.92 Å². The van der Waals surface area contributed by atoms with Crippen molar-refractivity contribution in [3.8, 4) is 0 Å². The predicted molar refractivity (Wildman–Crippen MR) is 96.2 cm³/mol. The molecule has 0 spiro atoms.